The van der Waals surface area contributed by atoms with Crippen molar-refractivity contribution in [2.75, 3.05) is 12.1 Å². The molecule has 7 nitrogen and oxygen atoms in total. The fourth-order valence-electron chi connectivity index (χ4n) is 2.46. The standard InChI is InChI=1S/C18H15N3O4/c22-18(20-10-15-2-1-5-23-15)12-6-14(9-19-8-12)21-13-3-4-16-17(7-13)25-11-24-16/h1-9,21H,10-11H2,(H,20,22). The van der Waals surface area contributed by atoms with Gasteiger partial charge in [-0.05, 0) is 30.3 Å². The number of fused-ring (bicyclic) bond motifs is 1. The summed E-state index contributed by atoms with van der Waals surface area (Å²) in [5, 5.41) is 5.99. The Morgan fingerprint density at radius 3 is 2.88 bits per heavy atom. The van der Waals surface area contributed by atoms with Gasteiger partial charge in [0.05, 0.1) is 30.3 Å². The van der Waals surface area contributed by atoms with Crippen LogP contribution in [0.5, 0.6) is 11.5 Å². The molecule has 1 amide bonds. The Labute approximate surface area is 143 Å². The second kappa shape index (κ2) is 6.56. The summed E-state index contributed by atoms with van der Waals surface area (Å²) in [4.78, 5) is 16.4. The van der Waals surface area contributed by atoms with Crippen LogP contribution in [0.15, 0.2) is 59.5 Å². The van der Waals surface area contributed by atoms with Gasteiger partial charge in [-0.15, -0.1) is 0 Å². The molecule has 0 radical (unpaired) electrons. The van der Waals surface area contributed by atoms with Crippen molar-refractivity contribution in [3.05, 3.63) is 66.4 Å². The molecule has 25 heavy (non-hydrogen) atoms. The summed E-state index contributed by atoms with van der Waals surface area (Å²) in [5.74, 6) is 1.87. The quantitative estimate of drug-likeness (QED) is 0.744. The van der Waals surface area contributed by atoms with E-state index in [4.69, 9.17) is 13.9 Å². The van der Waals surface area contributed by atoms with E-state index in [0.29, 0.717) is 29.3 Å². The number of ether oxygens (including phenoxy) is 2. The number of anilines is 2. The van der Waals surface area contributed by atoms with Crippen molar-refractivity contribution in [2.24, 2.45) is 0 Å². The smallest absolute Gasteiger partial charge is 0.253 e. The highest BCUT2D eigenvalue weighted by Crippen LogP contribution is 2.35. The first-order valence-electron chi connectivity index (χ1n) is 7.70. The van der Waals surface area contributed by atoms with Crippen molar-refractivity contribution < 1.29 is 18.7 Å². The second-order valence-electron chi connectivity index (χ2n) is 5.42. The summed E-state index contributed by atoms with van der Waals surface area (Å²) in [6.07, 6.45) is 4.73. The molecule has 1 aromatic carbocycles. The molecule has 0 bridgehead atoms. The van der Waals surface area contributed by atoms with Gasteiger partial charge < -0.3 is 24.5 Å². The van der Waals surface area contributed by atoms with Gasteiger partial charge in [0.15, 0.2) is 11.5 Å². The maximum absolute atomic E-state index is 12.2. The van der Waals surface area contributed by atoms with Gasteiger partial charge in [0.25, 0.3) is 5.91 Å². The monoisotopic (exact) mass is 337 g/mol. The summed E-state index contributed by atoms with van der Waals surface area (Å²) in [6.45, 7) is 0.553. The first kappa shape index (κ1) is 15.1. The highest BCUT2D eigenvalue weighted by atomic mass is 16.7. The highest BCUT2D eigenvalue weighted by molar-refractivity contribution is 5.94. The van der Waals surface area contributed by atoms with Crippen LogP contribution in [0, 0.1) is 0 Å². The van der Waals surface area contributed by atoms with E-state index in [9.17, 15) is 4.79 Å². The Morgan fingerprint density at radius 2 is 2.00 bits per heavy atom. The SMILES string of the molecule is O=C(NCc1ccco1)c1cncc(Nc2ccc3c(c2)OCO3)c1. The van der Waals surface area contributed by atoms with Crippen LogP contribution in [0.3, 0.4) is 0 Å². The summed E-state index contributed by atoms with van der Waals surface area (Å²) in [6, 6.07) is 10.9. The number of hydrogen-bond acceptors (Lipinski definition) is 6. The Kier molecular flexibility index (Phi) is 3.96. The molecule has 3 heterocycles. The van der Waals surface area contributed by atoms with Crippen molar-refractivity contribution >= 4 is 17.3 Å². The Morgan fingerprint density at radius 1 is 1.08 bits per heavy atom. The van der Waals surface area contributed by atoms with Crippen molar-refractivity contribution in [1.82, 2.24) is 10.3 Å². The molecular formula is C18H15N3O4. The Bertz CT molecular complexity index is 893. The van der Waals surface area contributed by atoms with Gasteiger partial charge in [0.2, 0.25) is 6.79 Å². The van der Waals surface area contributed by atoms with E-state index in [2.05, 4.69) is 15.6 Å². The lowest BCUT2D eigenvalue weighted by atomic mass is 10.2. The third kappa shape index (κ3) is 3.40. The number of carbonyl (C=O) groups excluding carboxylic acids is 1. The van der Waals surface area contributed by atoms with Crippen LogP contribution in [0.4, 0.5) is 11.4 Å². The lowest BCUT2D eigenvalue weighted by molar-refractivity contribution is 0.0947. The minimum absolute atomic E-state index is 0.224. The fourth-order valence-corrected chi connectivity index (χ4v) is 2.46. The maximum atomic E-state index is 12.2. The van der Waals surface area contributed by atoms with Crippen LogP contribution in [-0.2, 0) is 6.54 Å². The number of pyridine rings is 1. The number of benzene rings is 1. The molecule has 0 saturated carbocycles. The van der Waals surface area contributed by atoms with E-state index in [1.807, 2.05) is 18.2 Å². The van der Waals surface area contributed by atoms with Crippen LogP contribution < -0.4 is 20.1 Å². The molecule has 126 valence electrons. The number of hydrogen-bond donors (Lipinski definition) is 2. The minimum atomic E-state index is -0.224. The number of aromatic nitrogens is 1. The topological polar surface area (TPSA) is 85.6 Å². The molecule has 4 rings (SSSR count). The summed E-state index contributed by atoms with van der Waals surface area (Å²) >= 11 is 0. The molecular weight excluding hydrogens is 322 g/mol. The minimum Gasteiger partial charge on any atom is -0.467 e. The van der Waals surface area contributed by atoms with E-state index < -0.39 is 0 Å². The predicted molar refractivity (Wildman–Crippen MR) is 90.0 cm³/mol. The molecule has 0 spiro atoms. The summed E-state index contributed by atoms with van der Waals surface area (Å²) < 4.78 is 15.8. The van der Waals surface area contributed by atoms with Crippen molar-refractivity contribution in [1.29, 1.82) is 0 Å². The normalized spacial score (nSPS) is 12.0. The molecule has 1 aliphatic heterocycles. The summed E-state index contributed by atoms with van der Waals surface area (Å²) in [5.41, 5.74) is 1.97. The maximum Gasteiger partial charge on any atom is 0.253 e. The molecule has 0 aliphatic carbocycles. The van der Waals surface area contributed by atoms with Gasteiger partial charge in [-0.1, -0.05) is 0 Å². The average Bonchev–Trinajstić information content (AvgIpc) is 3.31. The number of amides is 1. The van der Waals surface area contributed by atoms with Gasteiger partial charge >= 0.3 is 0 Å². The fraction of sp³-hybridized carbons (Fsp3) is 0.111. The van der Waals surface area contributed by atoms with E-state index in [-0.39, 0.29) is 12.7 Å². The lowest BCUT2D eigenvalue weighted by Crippen LogP contribution is -2.22. The van der Waals surface area contributed by atoms with Crippen molar-refractivity contribution in [3.8, 4) is 11.5 Å². The van der Waals surface area contributed by atoms with Gasteiger partial charge in [0.1, 0.15) is 5.76 Å². The molecule has 0 saturated heterocycles. The van der Waals surface area contributed by atoms with E-state index in [0.717, 1.165) is 11.4 Å². The number of nitrogens with one attached hydrogen (secondary N) is 2. The van der Waals surface area contributed by atoms with Gasteiger partial charge in [-0.25, -0.2) is 0 Å². The lowest BCUT2D eigenvalue weighted by Gasteiger charge is -2.09. The Hall–Kier alpha value is -3.48. The molecule has 3 aromatic rings. The zero-order valence-electron chi connectivity index (χ0n) is 13.2. The first-order chi connectivity index (χ1) is 12.3. The van der Waals surface area contributed by atoms with Gasteiger partial charge in [-0.2, -0.15) is 0 Å². The number of carbonyl (C=O) groups is 1. The van der Waals surface area contributed by atoms with Crippen LogP contribution in [0.1, 0.15) is 16.1 Å². The van der Waals surface area contributed by atoms with E-state index in [1.165, 1.54) is 6.20 Å². The molecule has 0 unspecified atom stereocenters. The predicted octanol–water partition coefficient (Wildman–Crippen LogP) is 3.08. The van der Waals surface area contributed by atoms with Crippen LogP contribution >= 0.6 is 0 Å². The second-order valence-corrected chi connectivity index (χ2v) is 5.42. The zero-order chi connectivity index (χ0) is 17.1. The van der Waals surface area contributed by atoms with Crippen molar-refractivity contribution in [2.45, 2.75) is 6.54 Å². The molecule has 1 aliphatic rings. The average molecular weight is 337 g/mol. The van der Waals surface area contributed by atoms with Crippen LogP contribution in [0.2, 0.25) is 0 Å². The molecule has 0 fully saturated rings. The van der Waals surface area contributed by atoms with Crippen LogP contribution in [0.25, 0.3) is 0 Å². The third-order valence-corrected chi connectivity index (χ3v) is 3.66. The molecule has 2 aromatic heterocycles. The van der Waals surface area contributed by atoms with Crippen LogP contribution in [-0.4, -0.2) is 17.7 Å². The molecule has 2 N–H and O–H groups in total. The highest BCUT2D eigenvalue weighted by Gasteiger charge is 2.13. The number of nitrogens with zero attached hydrogens (tertiary/aromatic N) is 1. The van der Waals surface area contributed by atoms with Gasteiger partial charge in [0, 0.05) is 18.0 Å². The van der Waals surface area contributed by atoms with E-state index in [1.54, 1.807) is 30.7 Å². The number of furan rings is 1. The zero-order valence-corrected chi connectivity index (χ0v) is 13.2. The van der Waals surface area contributed by atoms with E-state index >= 15 is 0 Å². The van der Waals surface area contributed by atoms with Crippen molar-refractivity contribution in [3.63, 3.8) is 0 Å². The van der Waals surface area contributed by atoms with Gasteiger partial charge in [-0.3, -0.25) is 9.78 Å². The molecule has 0 atom stereocenters. The largest absolute Gasteiger partial charge is 0.467 e. The molecule has 7 heteroatoms. The number of rotatable bonds is 5. The Balaban J connectivity index is 1.44. The summed E-state index contributed by atoms with van der Waals surface area (Å²) in [7, 11) is 0. The first-order valence-corrected chi connectivity index (χ1v) is 7.70. The third-order valence-electron chi connectivity index (χ3n) is 3.66.